The van der Waals surface area contributed by atoms with Crippen molar-refractivity contribution in [1.29, 1.82) is 0 Å². The molecule has 120 valence electrons. The first kappa shape index (κ1) is 20.0. The smallest absolute Gasteiger partial charge is 0.219 e. The summed E-state index contributed by atoms with van der Waals surface area (Å²) in [7, 11) is 0. The lowest BCUT2D eigenvalue weighted by Crippen LogP contribution is -2.24. The van der Waals surface area contributed by atoms with Crippen molar-refractivity contribution in [3.63, 3.8) is 0 Å². The molecule has 20 heavy (non-hydrogen) atoms. The number of nitrogens with one attached hydrogen (secondary N) is 2. The number of ether oxygens (including phenoxy) is 3. The molecular formula is C13H27IN2O4. The molecular weight excluding hydrogens is 375 g/mol. The first-order valence-electron chi connectivity index (χ1n) is 7.14. The Morgan fingerprint density at radius 1 is 0.900 bits per heavy atom. The lowest BCUT2D eigenvalue weighted by Gasteiger charge is -2.07. The number of carbonyl (C=O) groups excluding carboxylic acids is 1. The van der Waals surface area contributed by atoms with Crippen LogP contribution in [0.4, 0.5) is 0 Å². The molecule has 0 saturated heterocycles. The minimum Gasteiger partial charge on any atom is -0.379 e. The van der Waals surface area contributed by atoms with Crippen molar-refractivity contribution in [3.05, 3.63) is 0 Å². The Balaban J connectivity index is 2.97. The Morgan fingerprint density at radius 2 is 1.40 bits per heavy atom. The van der Waals surface area contributed by atoms with E-state index < -0.39 is 0 Å². The topological polar surface area (TPSA) is 68.8 Å². The van der Waals surface area contributed by atoms with E-state index in [4.69, 9.17) is 14.2 Å². The van der Waals surface area contributed by atoms with Gasteiger partial charge in [-0.25, -0.2) is 0 Å². The molecule has 7 heteroatoms. The highest BCUT2D eigenvalue weighted by molar-refractivity contribution is 14.1. The van der Waals surface area contributed by atoms with Crippen LogP contribution in [-0.4, -0.2) is 58.6 Å². The first-order chi connectivity index (χ1) is 9.81. The van der Waals surface area contributed by atoms with Crippen LogP contribution in [0.15, 0.2) is 0 Å². The fourth-order valence-electron chi connectivity index (χ4n) is 1.31. The van der Waals surface area contributed by atoms with Crippen molar-refractivity contribution >= 4 is 28.8 Å². The zero-order valence-electron chi connectivity index (χ0n) is 12.3. The van der Waals surface area contributed by atoms with Gasteiger partial charge in [0.25, 0.3) is 0 Å². The van der Waals surface area contributed by atoms with E-state index in [1.54, 1.807) is 0 Å². The largest absolute Gasteiger partial charge is 0.379 e. The van der Waals surface area contributed by atoms with Gasteiger partial charge in [-0.05, 0) is 12.8 Å². The second-order valence-corrected chi connectivity index (χ2v) is 4.89. The third kappa shape index (κ3) is 16.1. The molecule has 6 nitrogen and oxygen atoms in total. The van der Waals surface area contributed by atoms with E-state index in [-0.39, 0.29) is 5.91 Å². The Hall–Kier alpha value is 0.0400. The molecule has 0 aliphatic heterocycles. The summed E-state index contributed by atoms with van der Waals surface area (Å²) in [5.74, 6) is 0.0857. The summed E-state index contributed by atoms with van der Waals surface area (Å²) >= 11 is 2.12. The zero-order valence-corrected chi connectivity index (χ0v) is 14.4. The minimum absolute atomic E-state index is 0.0857. The molecule has 2 N–H and O–H groups in total. The SMILES string of the molecule is CCC(=O)NCCCOCCOCCOCCCNI. The Labute approximate surface area is 135 Å². The van der Waals surface area contributed by atoms with Gasteiger partial charge < -0.3 is 19.5 Å². The van der Waals surface area contributed by atoms with Gasteiger partial charge >= 0.3 is 0 Å². The second kappa shape index (κ2) is 17.1. The van der Waals surface area contributed by atoms with Gasteiger partial charge in [-0.2, -0.15) is 0 Å². The van der Waals surface area contributed by atoms with E-state index in [1.807, 2.05) is 6.92 Å². The van der Waals surface area contributed by atoms with E-state index >= 15 is 0 Å². The number of halogens is 1. The summed E-state index contributed by atoms with van der Waals surface area (Å²) in [6.07, 6.45) is 2.38. The number of rotatable bonds is 15. The van der Waals surface area contributed by atoms with Gasteiger partial charge in [-0.3, -0.25) is 8.32 Å². The molecule has 0 aromatic carbocycles. The normalized spacial score (nSPS) is 10.7. The molecule has 0 aromatic rings. The molecule has 0 heterocycles. The lowest BCUT2D eigenvalue weighted by atomic mass is 10.4. The molecule has 0 aliphatic carbocycles. The maximum Gasteiger partial charge on any atom is 0.219 e. The molecule has 0 saturated carbocycles. The summed E-state index contributed by atoms with van der Waals surface area (Å²) in [4.78, 5) is 10.9. The predicted octanol–water partition coefficient (Wildman–Crippen LogP) is 1.28. The van der Waals surface area contributed by atoms with E-state index in [0.29, 0.717) is 46.0 Å². The molecule has 0 rings (SSSR count). The van der Waals surface area contributed by atoms with Crippen LogP contribution in [-0.2, 0) is 19.0 Å². The average Bonchev–Trinajstić information content (AvgIpc) is 2.47. The van der Waals surface area contributed by atoms with Crippen molar-refractivity contribution in [3.8, 4) is 0 Å². The van der Waals surface area contributed by atoms with Crippen LogP contribution in [0.5, 0.6) is 0 Å². The van der Waals surface area contributed by atoms with Crippen LogP contribution in [0, 0.1) is 0 Å². The Bertz CT molecular complexity index is 221. The monoisotopic (exact) mass is 402 g/mol. The molecule has 0 aliphatic rings. The van der Waals surface area contributed by atoms with Gasteiger partial charge in [0.1, 0.15) is 0 Å². The highest BCUT2D eigenvalue weighted by Crippen LogP contribution is 1.86. The third-order valence-electron chi connectivity index (χ3n) is 2.41. The summed E-state index contributed by atoms with van der Waals surface area (Å²) in [5, 5.41) is 2.80. The maximum atomic E-state index is 10.9. The lowest BCUT2D eigenvalue weighted by molar-refractivity contribution is -0.120. The van der Waals surface area contributed by atoms with Crippen molar-refractivity contribution in [2.75, 3.05) is 52.7 Å². The van der Waals surface area contributed by atoms with Crippen LogP contribution in [0.1, 0.15) is 26.2 Å². The summed E-state index contributed by atoms with van der Waals surface area (Å²) in [6.45, 7) is 7.29. The summed E-state index contributed by atoms with van der Waals surface area (Å²) < 4.78 is 19.2. The fourth-order valence-corrected chi connectivity index (χ4v) is 1.69. The van der Waals surface area contributed by atoms with E-state index in [0.717, 1.165) is 26.0 Å². The van der Waals surface area contributed by atoms with Gasteiger partial charge in [-0.1, -0.05) is 6.92 Å². The number of hydrogen-bond donors (Lipinski definition) is 2. The van der Waals surface area contributed by atoms with Crippen LogP contribution in [0.2, 0.25) is 0 Å². The quantitative estimate of drug-likeness (QED) is 0.246. The van der Waals surface area contributed by atoms with Crippen molar-refractivity contribution in [2.24, 2.45) is 0 Å². The standard InChI is InChI=1S/C13H27IN2O4/c1-2-13(17)15-5-3-7-18-9-11-20-12-10-19-8-4-6-16-14/h16H,2-12H2,1H3,(H,15,17). The molecule has 0 bridgehead atoms. The van der Waals surface area contributed by atoms with Crippen LogP contribution < -0.4 is 8.85 Å². The fraction of sp³-hybridized carbons (Fsp3) is 0.923. The number of hydrogen-bond acceptors (Lipinski definition) is 5. The van der Waals surface area contributed by atoms with Crippen LogP contribution in [0.25, 0.3) is 0 Å². The molecule has 0 unspecified atom stereocenters. The average molecular weight is 402 g/mol. The Morgan fingerprint density at radius 3 is 1.90 bits per heavy atom. The Kier molecular flexibility index (Phi) is 17.1. The molecule has 0 fully saturated rings. The number of amides is 1. The number of carbonyl (C=O) groups is 1. The second-order valence-electron chi connectivity index (χ2n) is 4.13. The van der Waals surface area contributed by atoms with Crippen molar-refractivity contribution in [1.82, 2.24) is 8.85 Å². The van der Waals surface area contributed by atoms with Crippen LogP contribution in [0.3, 0.4) is 0 Å². The predicted molar refractivity (Wildman–Crippen MR) is 87.0 cm³/mol. The zero-order chi connectivity index (χ0) is 14.9. The highest BCUT2D eigenvalue weighted by Gasteiger charge is 1.95. The molecule has 0 radical (unpaired) electrons. The van der Waals surface area contributed by atoms with Crippen molar-refractivity contribution < 1.29 is 19.0 Å². The van der Waals surface area contributed by atoms with Crippen molar-refractivity contribution in [2.45, 2.75) is 26.2 Å². The molecule has 0 atom stereocenters. The van der Waals surface area contributed by atoms with Gasteiger partial charge in [0, 0.05) is 55.6 Å². The van der Waals surface area contributed by atoms with Gasteiger partial charge in [0.2, 0.25) is 5.91 Å². The highest BCUT2D eigenvalue weighted by atomic mass is 127. The van der Waals surface area contributed by atoms with E-state index in [1.165, 1.54) is 0 Å². The van der Waals surface area contributed by atoms with E-state index in [9.17, 15) is 4.79 Å². The molecule has 0 aromatic heterocycles. The third-order valence-corrected chi connectivity index (χ3v) is 2.95. The molecule has 1 amide bonds. The van der Waals surface area contributed by atoms with E-state index in [2.05, 4.69) is 31.7 Å². The van der Waals surface area contributed by atoms with Gasteiger partial charge in [0.05, 0.1) is 26.4 Å². The van der Waals surface area contributed by atoms with Crippen LogP contribution >= 0.6 is 22.9 Å². The van der Waals surface area contributed by atoms with Gasteiger partial charge in [0.15, 0.2) is 0 Å². The van der Waals surface area contributed by atoms with Gasteiger partial charge in [-0.15, -0.1) is 0 Å². The summed E-state index contributed by atoms with van der Waals surface area (Å²) in [5.41, 5.74) is 0. The minimum atomic E-state index is 0.0857. The first-order valence-corrected chi connectivity index (χ1v) is 8.22. The maximum absolute atomic E-state index is 10.9. The molecule has 0 spiro atoms. The summed E-state index contributed by atoms with van der Waals surface area (Å²) in [6, 6.07) is 0.